The van der Waals surface area contributed by atoms with Gasteiger partial charge in [-0.3, -0.25) is 4.57 Å². The summed E-state index contributed by atoms with van der Waals surface area (Å²) in [6, 6.07) is 60.5. The van der Waals surface area contributed by atoms with E-state index in [2.05, 4.69) is 296 Å². The summed E-state index contributed by atoms with van der Waals surface area (Å²) < 4.78 is 20.6. The fourth-order valence-corrected chi connectivity index (χ4v) is 12.0. The van der Waals surface area contributed by atoms with Crippen LogP contribution in [0.15, 0.2) is 181 Å². The Balaban J connectivity index is 1.07. The molecule has 0 saturated carbocycles. The first kappa shape index (κ1) is 56.3. The van der Waals surface area contributed by atoms with E-state index in [1.54, 1.807) is 0 Å². The van der Waals surface area contributed by atoms with Crippen LogP contribution in [-0.4, -0.2) is 14.1 Å². The van der Waals surface area contributed by atoms with Gasteiger partial charge in [-0.25, -0.2) is 4.98 Å². The highest BCUT2D eigenvalue weighted by atomic mass is 16.5. The number of rotatable bonds is 7. The van der Waals surface area contributed by atoms with Crippen LogP contribution in [0.5, 0.6) is 11.5 Å². The predicted molar refractivity (Wildman–Crippen MR) is 354 cm³/mol. The summed E-state index contributed by atoms with van der Waals surface area (Å²) in [5.74, 6) is 2.30. The molecule has 0 atom stereocenters. The molecule has 4 heterocycles. The zero-order valence-corrected chi connectivity index (χ0v) is 52.8. The van der Waals surface area contributed by atoms with Crippen LogP contribution >= 0.6 is 0 Å². The van der Waals surface area contributed by atoms with E-state index < -0.39 is 0 Å². The van der Waals surface area contributed by atoms with E-state index in [4.69, 9.17) is 14.1 Å². The standard InChI is InChI=1S/C78H83N4O2/c1-73(2,3)50-34-35-79-69(44-50)82-66-46-58(30-31-59(66)60-32-33-68-70(72(60)82)61-26-19-22-29-67(61)84-68)83-57-25-23-24-56(45-57)80-47-81(65-28-21-20-27-64(65)80)71-62(48-36-51(74(4,5)6)40-52(37-48)75(7,8)9)42-55(78(16,17)18)43-63(71)49-38-53(76(10,11)12)41-54(39-49)77(13,14)15/h19-47H,1-18H3/q+1. The molecule has 0 spiro atoms. The van der Waals surface area contributed by atoms with E-state index in [9.17, 15) is 0 Å². The van der Waals surface area contributed by atoms with Crippen LogP contribution in [-0.2, 0) is 32.5 Å². The zero-order chi connectivity index (χ0) is 59.8. The third kappa shape index (κ3) is 10.2. The van der Waals surface area contributed by atoms with E-state index in [0.29, 0.717) is 0 Å². The molecule has 12 aromatic rings. The number of hydrogen-bond acceptors (Lipinski definition) is 3. The Labute approximate surface area is 497 Å². The number of para-hydroxylation sites is 3. The van der Waals surface area contributed by atoms with Gasteiger partial charge < -0.3 is 9.15 Å². The van der Waals surface area contributed by atoms with Gasteiger partial charge in [0.15, 0.2) is 11.0 Å². The number of hydrogen-bond donors (Lipinski definition) is 0. The maximum absolute atomic E-state index is 7.04. The van der Waals surface area contributed by atoms with Crippen molar-refractivity contribution < 1.29 is 13.7 Å². The molecule has 0 N–H and O–H groups in total. The molecule has 0 saturated heterocycles. The normalized spacial score (nSPS) is 13.1. The maximum atomic E-state index is 7.04. The largest absolute Gasteiger partial charge is 0.457 e. The molecule has 6 nitrogen and oxygen atoms in total. The molecule has 0 fully saturated rings. The molecular weight excluding hydrogens is 1020 g/mol. The van der Waals surface area contributed by atoms with Crippen molar-refractivity contribution in [1.82, 2.24) is 14.1 Å². The molecule has 0 amide bonds. The highest BCUT2D eigenvalue weighted by molar-refractivity contribution is 6.24. The number of benzene rings is 8. The summed E-state index contributed by atoms with van der Waals surface area (Å²) in [7, 11) is 0. The van der Waals surface area contributed by atoms with Crippen molar-refractivity contribution in [3.63, 3.8) is 0 Å². The lowest BCUT2D eigenvalue weighted by atomic mass is 9.76. The Morgan fingerprint density at radius 2 is 0.952 bits per heavy atom. The van der Waals surface area contributed by atoms with Gasteiger partial charge >= 0.3 is 0 Å². The van der Waals surface area contributed by atoms with Crippen molar-refractivity contribution in [2.75, 3.05) is 0 Å². The molecule has 0 aliphatic heterocycles. The lowest BCUT2D eigenvalue weighted by Gasteiger charge is -2.29. The summed E-state index contributed by atoms with van der Waals surface area (Å²) in [4.78, 5) is 5.07. The van der Waals surface area contributed by atoms with Crippen LogP contribution in [0.25, 0.3) is 94.2 Å². The fraction of sp³-hybridized carbons (Fsp3) is 0.308. The van der Waals surface area contributed by atoms with Crippen LogP contribution in [0, 0.1) is 0 Å². The number of pyridine rings is 1. The second kappa shape index (κ2) is 19.7. The minimum Gasteiger partial charge on any atom is -0.457 e. The Morgan fingerprint density at radius 1 is 0.417 bits per heavy atom. The molecule has 8 aromatic carbocycles. The highest BCUT2D eigenvalue weighted by Gasteiger charge is 2.32. The van der Waals surface area contributed by atoms with Gasteiger partial charge in [0, 0.05) is 45.6 Å². The molecule has 12 rings (SSSR count). The van der Waals surface area contributed by atoms with Crippen molar-refractivity contribution in [3.05, 3.63) is 210 Å². The Kier molecular flexibility index (Phi) is 13.2. The Morgan fingerprint density at radius 3 is 1.55 bits per heavy atom. The Bertz CT molecular complexity index is 4410. The summed E-state index contributed by atoms with van der Waals surface area (Å²) in [5, 5.41) is 4.38. The zero-order valence-electron chi connectivity index (χ0n) is 52.8. The number of ether oxygens (including phenoxy) is 1. The Hall–Kier alpha value is -8.22. The molecule has 84 heavy (non-hydrogen) atoms. The fourth-order valence-electron chi connectivity index (χ4n) is 12.0. The van der Waals surface area contributed by atoms with Crippen LogP contribution in [0.1, 0.15) is 158 Å². The average molecular weight is 1110 g/mol. The first-order valence-electron chi connectivity index (χ1n) is 30.1. The van der Waals surface area contributed by atoms with Gasteiger partial charge in [0.1, 0.15) is 39.9 Å². The van der Waals surface area contributed by atoms with Crippen LogP contribution < -0.4 is 9.30 Å². The summed E-state index contributed by atoms with van der Waals surface area (Å²) in [5.41, 5.74) is 20.1. The molecule has 0 unspecified atom stereocenters. The van der Waals surface area contributed by atoms with Crippen molar-refractivity contribution >= 4 is 54.8 Å². The van der Waals surface area contributed by atoms with Crippen LogP contribution in [0.4, 0.5) is 0 Å². The first-order chi connectivity index (χ1) is 39.4. The van der Waals surface area contributed by atoms with Gasteiger partial charge in [-0.1, -0.05) is 197 Å². The number of fused-ring (bicyclic) bond motifs is 8. The van der Waals surface area contributed by atoms with E-state index in [1.165, 1.54) is 55.6 Å². The minimum atomic E-state index is -0.152. The predicted octanol–water partition coefficient (Wildman–Crippen LogP) is 21.2. The van der Waals surface area contributed by atoms with Gasteiger partial charge in [0.25, 0.3) is 6.33 Å². The molecule has 6 heteroatoms. The average Bonchev–Trinajstić information content (AvgIpc) is 1.74. The SMILES string of the molecule is CC(C)(C)c1cc(-c2cc(C(C)(C)C)cc(-c3cc(C(C)(C)C)cc(C(C)(C)C)c3)c2-[n+]2cn(-c3cccc(Oc4ccc5c6ccc7oc8ccccc8c7c6n(-c6cc(C(C)(C)C)ccn6)c5c4)c3)c3ccccc32)cc(C(C)(C)C)c1. The molecule has 0 aliphatic carbocycles. The van der Waals surface area contributed by atoms with E-state index in [-0.39, 0.29) is 32.5 Å². The van der Waals surface area contributed by atoms with E-state index in [0.717, 1.165) is 83.5 Å². The molecule has 0 radical (unpaired) electrons. The molecule has 426 valence electrons. The van der Waals surface area contributed by atoms with Crippen molar-refractivity contribution in [2.24, 2.45) is 0 Å². The third-order valence-electron chi connectivity index (χ3n) is 17.2. The maximum Gasteiger partial charge on any atom is 0.255 e. The minimum absolute atomic E-state index is 0.0818. The highest BCUT2D eigenvalue weighted by Crippen LogP contribution is 2.46. The number of furan rings is 1. The van der Waals surface area contributed by atoms with Crippen LogP contribution in [0.3, 0.4) is 0 Å². The lowest BCUT2D eigenvalue weighted by molar-refractivity contribution is -0.566. The first-order valence-corrected chi connectivity index (χ1v) is 30.1. The van der Waals surface area contributed by atoms with Crippen molar-refractivity contribution in [3.8, 4) is 50.9 Å². The van der Waals surface area contributed by atoms with Gasteiger partial charge in [0.2, 0.25) is 0 Å². The smallest absolute Gasteiger partial charge is 0.255 e. The van der Waals surface area contributed by atoms with Crippen molar-refractivity contribution in [2.45, 2.75) is 157 Å². The number of nitrogens with zero attached hydrogens (tertiary/aromatic N) is 4. The van der Waals surface area contributed by atoms with E-state index in [1.807, 2.05) is 18.3 Å². The lowest BCUT2D eigenvalue weighted by Crippen LogP contribution is -2.31. The second-order valence-electron chi connectivity index (χ2n) is 29.8. The molecule has 0 bridgehead atoms. The summed E-state index contributed by atoms with van der Waals surface area (Å²) in [6.07, 6.45) is 4.24. The number of aromatic nitrogens is 4. The summed E-state index contributed by atoms with van der Waals surface area (Å²) in [6.45, 7) is 41.9. The summed E-state index contributed by atoms with van der Waals surface area (Å²) >= 11 is 0. The molecule has 0 aliphatic rings. The quantitative estimate of drug-likeness (QED) is 0.149. The molecular formula is C78H83N4O2+. The van der Waals surface area contributed by atoms with E-state index >= 15 is 0 Å². The van der Waals surface area contributed by atoms with Gasteiger partial charge in [-0.05, 0) is 156 Å². The topological polar surface area (TPSA) is 49.0 Å². The number of imidazole rings is 1. The monoisotopic (exact) mass is 1110 g/mol. The van der Waals surface area contributed by atoms with Crippen molar-refractivity contribution in [1.29, 1.82) is 0 Å². The van der Waals surface area contributed by atoms with Gasteiger partial charge in [0.05, 0.1) is 16.4 Å². The van der Waals surface area contributed by atoms with Gasteiger partial charge in [-0.2, -0.15) is 9.13 Å². The third-order valence-corrected chi connectivity index (χ3v) is 17.2. The van der Waals surface area contributed by atoms with Gasteiger partial charge in [-0.15, -0.1) is 0 Å². The molecule has 4 aromatic heterocycles. The second-order valence-corrected chi connectivity index (χ2v) is 29.8. The van der Waals surface area contributed by atoms with Crippen LogP contribution in [0.2, 0.25) is 0 Å².